The van der Waals surface area contributed by atoms with Crippen molar-refractivity contribution < 1.29 is 9.47 Å². The minimum absolute atomic E-state index is 0.367. The van der Waals surface area contributed by atoms with Crippen LogP contribution in [0.4, 0.5) is 0 Å². The first-order chi connectivity index (χ1) is 12.6. The van der Waals surface area contributed by atoms with Crippen molar-refractivity contribution >= 4 is 35.1 Å². The molecule has 2 aromatic carbocycles. The van der Waals surface area contributed by atoms with Gasteiger partial charge >= 0.3 is 0 Å². The van der Waals surface area contributed by atoms with E-state index >= 15 is 0 Å². The fourth-order valence-corrected chi connectivity index (χ4v) is 2.52. The molecular formula is C19H22ClN3O2S. The number of hydrazone groups is 1. The summed E-state index contributed by atoms with van der Waals surface area (Å²) in [6.45, 7) is 5.53. The molecule has 0 aliphatic heterocycles. The summed E-state index contributed by atoms with van der Waals surface area (Å²) in [5, 5.41) is 8.22. The van der Waals surface area contributed by atoms with E-state index < -0.39 is 0 Å². The summed E-state index contributed by atoms with van der Waals surface area (Å²) in [5.41, 5.74) is 4.54. The molecule has 0 spiro atoms. The van der Waals surface area contributed by atoms with E-state index in [1.165, 1.54) is 0 Å². The Morgan fingerprint density at radius 3 is 2.69 bits per heavy atom. The van der Waals surface area contributed by atoms with E-state index in [0.29, 0.717) is 34.8 Å². The predicted octanol–water partition coefficient (Wildman–Crippen LogP) is 4.14. The lowest BCUT2D eigenvalue weighted by molar-refractivity contribution is 0.269. The zero-order chi connectivity index (χ0) is 18.8. The van der Waals surface area contributed by atoms with Gasteiger partial charge in [-0.1, -0.05) is 29.8 Å². The molecule has 7 heteroatoms. The van der Waals surface area contributed by atoms with Crippen molar-refractivity contribution in [3.05, 3.63) is 58.6 Å². The molecule has 0 aliphatic carbocycles. The Morgan fingerprint density at radius 2 is 1.96 bits per heavy atom. The normalized spacial score (nSPS) is 10.6. The summed E-state index contributed by atoms with van der Waals surface area (Å²) in [7, 11) is 0. The molecule has 2 N–H and O–H groups in total. The molecule has 26 heavy (non-hydrogen) atoms. The van der Waals surface area contributed by atoms with E-state index in [2.05, 4.69) is 15.8 Å². The number of hydrogen-bond acceptors (Lipinski definition) is 4. The van der Waals surface area contributed by atoms with Crippen LogP contribution in [0, 0.1) is 0 Å². The van der Waals surface area contributed by atoms with Crippen LogP contribution in [-0.4, -0.2) is 24.5 Å². The van der Waals surface area contributed by atoms with Crippen molar-refractivity contribution in [3.8, 4) is 11.5 Å². The monoisotopic (exact) mass is 391 g/mol. The lowest BCUT2D eigenvalue weighted by Gasteiger charge is -2.13. The van der Waals surface area contributed by atoms with E-state index in [1.807, 2.05) is 56.3 Å². The van der Waals surface area contributed by atoms with E-state index in [4.69, 9.17) is 33.3 Å². The van der Waals surface area contributed by atoms with E-state index in [1.54, 1.807) is 6.21 Å². The Labute approximate surface area is 164 Å². The van der Waals surface area contributed by atoms with Crippen LogP contribution < -0.4 is 20.2 Å². The first kappa shape index (κ1) is 20.0. The third kappa shape index (κ3) is 6.20. The van der Waals surface area contributed by atoms with Crippen LogP contribution in [0.2, 0.25) is 5.02 Å². The van der Waals surface area contributed by atoms with Crippen LogP contribution >= 0.6 is 23.8 Å². The highest BCUT2D eigenvalue weighted by Gasteiger charge is 2.08. The van der Waals surface area contributed by atoms with Gasteiger partial charge in [0.25, 0.3) is 0 Å². The van der Waals surface area contributed by atoms with Gasteiger partial charge in [-0.3, -0.25) is 5.43 Å². The lowest BCUT2D eigenvalue weighted by Crippen LogP contribution is -2.31. The first-order valence-corrected chi connectivity index (χ1v) is 9.12. The van der Waals surface area contributed by atoms with Gasteiger partial charge in [0.05, 0.1) is 12.8 Å². The van der Waals surface area contributed by atoms with Gasteiger partial charge < -0.3 is 14.8 Å². The maximum absolute atomic E-state index is 6.17. The third-order valence-electron chi connectivity index (χ3n) is 3.33. The topological polar surface area (TPSA) is 54.9 Å². The second-order valence-electron chi connectivity index (χ2n) is 5.25. The van der Waals surface area contributed by atoms with Crippen LogP contribution in [0.1, 0.15) is 25.0 Å². The number of benzene rings is 2. The summed E-state index contributed by atoms with van der Waals surface area (Å²) in [6.07, 6.45) is 1.67. The third-order valence-corrected chi connectivity index (χ3v) is 3.93. The van der Waals surface area contributed by atoms with Gasteiger partial charge in [0.15, 0.2) is 16.6 Å². The smallest absolute Gasteiger partial charge is 0.186 e. The van der Waals surface area contributed by atoms with Crippen LogP contribution in [0.15, 0.2) is 47.6 Å². The zero-order valence-corrected chi connectivity index (χ0v) is 16.4. The quantitative estimate of drug-likeness (QED) is 0.402. The van der Waals surface area contributed by atoms with Gasteiger partial charge in [0.1, 0.15) is 6.61 Å². The highest BCUT2D eigenvalue weighted by molar-refractivity contribution is 7.80. The maximum atomic E-state index is 6.17. The Morgan fingerprint density at radius 1 is 1.15 bits per heavy atom. The largest absolute Gasteiger partial charge is 0.490 e. The zero-order valence-electron chi connectivity index (χ0n) is 14.8. The van der Waals surface area contributed by atoms with E-state index in [0.717, 1.165) is 17.7 Å². The Bertz CT molecular complexity index is 768. The SMILES string of the molecule is CCNC(=S)N/N=C/c1ccc(OCc2ccccc2Cl)c(OCC)c1. The molecule has 0 radical (unpaired) electrons. The number of hydrogen-bond donors (Lipinski definition) is 2. The van der Waals surface area contributed by atoms with Crippen molar-refractivity contribution in [1.29, 1.82) is 0 Å². The van der Waals surface area contributed by atoms with Gasteiger partial charge in [-0.2, -0.15) is 5.10 Å². The average Bonchev–Trinajstić information content (AvgIpc) is 2.63. The molecule has 2 rings (SSSR count). The summed E-state index contributed by atoms with van der Waals surface area (Å²) in [4.78, 5) is 0. The number of thiocarbonyl (C=S) groups is 1. The van der Waals surface area contributed by atoms with Gasteiger partial charge in [-0.25, -0.2) is 0 Å². The average molecular weight is 392 g/mol. The molecule has 0 unspecified atom stereocenters. The molecule has 0 aliphatic rings. The minimum atomic E-state index is 0.367. The molecular weight excluding hydrogens is 370 g/mol. The van der Waals surface area contributed by atoms with E-state index in [9.17, 15) is 0 Å². The second kappa shape index (κ2) is 10.6. The molecule has 138 valence electrons. The fraction of sp³-hybridized carbons (Fsp3) is 0.263. The summed E-state index contributed by atoms with van der Waals surface area (Å²) < 4.78 is 11.6. The molecule has 0 bridgehead atoms. The molecule has 0 amide bonds. The van der Waals surface area contributed by atoms with Crippen molar-refractivity contribution in [3.63, 3.8) is 0 Å². The highest BCUT2D eigenvalue weighted by Crippen LogP contribution is 2.29. The van der Waals surface area contributed by atoms with Crippen LogP contribution in [0.25, 0.3) is 0 Å². The number of nitrogens with zero attached hydrogens (tertiary/aromatic N) is 1. The maximum Gasteiger partial charge on any atom is 0.186 e. The van der Waals surface area contributed by atoms with Crippen molar-refractivity contribution in [2.24, 2.45) is 5.10 Å². The van der Waals surface area contributed by atoms with Crippen molar-refractivity contribution in [2.75, 3.05) is 13.2 Å². The van der Waals surface area contributed by atoms with Crippen LogP contribution in [0.3, 0.4) is 0 Å². The highest BCUT2D eigenvalue weighted by atomic mass is 35.5. The molecule has 0 atom stereocenters. The Kier molecular flexibility index (Phi) is 8.18. The van der Waals surface area contributed by atoms with Crippen LogP contribution in [0.5, 0.6) is 11.5 Å². The van der Waals surface area contributed by atoms with Gasteiger partial charge in [-0.05, 0) is 55.9 Å². The second-order valence-corrected chi connectivity index (χ2v) is 6.06. The summed E-state index contributed by atoms with van der Waals surface area (Å²) in [6, 6.07) is 13.2. The molecule has 0 saturated heterocycles. The molecule has 5 nitrogen and oxygen atoms in total. The Balaban J connectivity index is 2.06. The molecule has 0 fully saturated rings. The van der Waals surface area contributed by atoms with Gasteiger partial charge in [-0.15, -0.1) is 0 Å². The van der Waals surface area contributed by atoms with E-state index in [-0.39, 0.29) is 0 Å². The van der Waals surface area contributed by atoms with Crippen molar-refractivity contribution in [1.82, 2.24) is 10.7 Å². The minimum Gasteiger partial charge on any atom is -0.490 e. The van der Waals surface area contributed by atoms with Gasteiger partial charge in [0, 0.05) is 17.1 Å². The Hall–Kier alpha value is -2.31. The predicted molar refractivity (Wildman–Crippen MR) is 110 cm³/mol. The van der Waals surface area contributed by atoms with Crippen molar-refractivity contribution in [2.45, 2.75) is 20.5 Å². The fourth-order valence-electron chi connectivity index (χ4n) is 2.13. The number of halogens is 1. The number of ether oxygens (including phenoxy) is 2. The number of nitrogens with one attached hydrogen (secondary N) is 2. The molecule has 2 aromatic rings. The molecule has 0 heterocycles. The number of rotatable bonds is 8. The van der Waals surface area contributed by atoms with Gasteiger partial charge in [0.2, 0.25) is 0 Å². The lowest BCUT2D eigenvalue weighted by atomic mass is 10.2. The summed E-state index contributed by atoms with van der Waals surface area (Å²) >= 11 is 11.2. The van der Waals surface area contributed by atoms with Crippen LogP contribution in [-0.2, 0) is 6.61 Å². The molecule has 0 saturated carbocycles. The first-order valence-electron chi connectivity index (χ1n) is 8.34. The summed E-state index contributed by atoms with van der Waals surface area (Å²) in [5.74, 6) is 1.30. The standard InChI is InChI=1S/C19H22ClN3O2S/c1-3-21-19(26)23-22-12-14-9-10-17(18(11-14)24-4-2)25-13-15-7-5-6-8-16(15)20/h5-12H,3-4,13H2,1-2H3,(H2,21,23,26)/b22-12+. The molecule has 0 aromatic heterocycles.